The standard InChI is InChI=1S/C23H26ClF3N2O3S2/c1-16-6-9-19(10-7-16)34(31,32)29(17-8-11-21(24)20(14-17)23(25,26)27)15-22(30)28-12-13-33-18-4-2-3-5-18/h6-11,14,18H,2-5,12-13,15H2,1H3,(H,28,30). The van der Waals surface area contributed by atoms with Crippen LogP contribution in [0, 0.1) is 6.92 Å². The van der Waals surface area contributed by atoms with E-state index in [2.05, 4.69) is 5.32 Å². The van der Waals surface area contributed by atoms with Gasteiger partial charge in [-0.3, -0.25) is 9.10 Å². The first-order chi connectivity index (χ1) is 16.0. The molecule has 11 heteroatoms. The van der Waals surface area contributed by atoms with E-state index in [9.17, 15) is 26.4 Å². The van der Waals surface area contributed by atoms with Crippen molar-refractivity contribution in [1.29, 1.82) is 0 Å². The molecule has 1 fully saturated rings. The highest BCUT2D eigenvalue weighted by molar-refractivity contribution is 7.99. The van der Waals surface area contributed by atoms with Gasteiger partial charge >= 0.3 is 6.18 Å². The molecule has 0 atom stereocenters. The summed E-state index contributed by atoms with van der Waals surface area (Å²) in [5.41, 5.74) is -0.661. The van der Waals surface area contributed by atoms with Gasteiger partial charge in [0.15, 0.2) is 0 Å². The van der Waals surface area contributed by atoms with Crippen LogP contribution in [0.25, 0.3) is 0 Å². The van der Waals surface area contributed by atoms with Crippen molar-refractivity contribution >= 4 is 45.0 Å². The van der Waals surface area contributed by atoms with Crippen LogP contribution in [0.1, 0.15) is 36.8 Å². The number of anilines is 1. The Balaban J connectivity index is 1.83. The van der Waals surface area contributed by atoms with Gasteiger partial charge in [-0.25, -0.2) is 8.42 Å². The highest BCUT2D eigenvalue weighted by atomic mass is 35.5. The number of benzene rings is 2. The van der Waals surface area contributed by atoms with Crippen molar-refractivity contribution < 1.29 is 26.4 Å². The fraction of sp³-hybridized carbons (Fsp3) is 0.435. The SMILES string of the molecule is Cc1ccc(S(=O)(=O)N(CC(=O)NCCSC2CCCC2)c2ccc(Cl)c(C(F)(F)F)c2)cc1. The van der Waals surface area contributed by atoms with Gasteiger partial charge in [0, 0.05) is 17.5 Å². The second-order valence-electron chi connectivity index (χ2n) is 8.11. The van der Waals surface area contributed by atoms with Crippen LogP contribution in [0.2, 0.25) is 5.02 Å². The number of aryl methyl sites for hydroxylation is 1. The number of carbonyl (C=O) groups is 1. The summed E-state index contributed by atoms with van der Waals surface area (Å²) in [4.78, 5) is 12.5. The summed E-state index contributed by atoms with van der Waals surface area (Å²) >= 11 is 7.47. The fourth-order valence-electron chi connectivity index (χ4n) is 3.70. The zero-order chi connectivity index (χ0) is 24.9. The topological polar surface area (TPSA) is 66.5 Å². The minimum atomic E-state index is -4.79. The van der Waals surface area contributed by atoms with Gasteiger partial charge in [0.05, 0.1) is 21.2 Å². The molecule has 3 rings (SSSR count). The number of carbonyl (C=O) groups excluding carboxylic acids is 1. The first-order valence-electron chi connectivity index (χ1n) is 10.8. The predicted octanol–water partition coefficient (Wildman–Crippen LogP) is 5.65. The van der Waals surface area contributed by atoms with Crippen LogP contribution >= 0.6 is 23.4 Å². The Labute approximate surface area is 207 Å². The Morgan fingerprint density at radius 3 is 2.41 bits per heavy atom. The molecule has 0 aromatic heterocycles. The number of rotatable bonds is 9. The van der Waals surface area contributed by atoms with Crippen molar-refractivity contribution in [1.82, 2.24) is 5.32 Å². The van der Waals surface area contributed by atoms with Crippen molar-refractivity contribution in [3.05, 3.63) is 58.6 Å². The van der Waals surface area contributed by atoms with E-state index in [1.54, 1.807) is 30.8 Å². The van der Waals surface area contributed by atoms with E-state index in [4.69, 9.17) is 11.6 Å². The normalized spacial score (nSPS) is 14.9. The molecule has 0 saturated heterocycles. The Kier molecular flexibility index (Phi) is 8.81. The third kappa shape index (κ3) is 6.82. The number of amides is 1. The maximum Gasteiger partial charge on any atom is 0.417 e. The molecule has 1 aliphatic carbocycles. The van der Waals surface area contributed by atoms with Crippen molar-refractivity contribution in [3.63, 3.8) is 0 Å². The number of alkyl halides is 3. The largest absolute Gasteiger partial charge is 0.417 e. The molecule has 2 aromatic carbocycles. The summed E-state index contributed by atoms with van der Waals surface area (Å²) in [7, 11) is -4.33. The van der Waals surface area contributed by atoms with Gasteiger partial charge in [0.1, 0.15) is 6.54 Å². The molecule has 0 unspecified atom stereocenters. The van der Waals surface area contributed by atoms with E-state index in [0.717, 1.165) is 30.5 Å². The maximum atomic E-state index is 13.4. The van der Waals surface area contributed by atoms with Crippen LogP contribution in [0.3, 0.4) is 0 Å². The molecule has 1 N–H and O–H groups in total. The summed E-state index contributed by atoms with van der Waals surface area (Å²) < 4.78 is 67.7. The van der Waals surface area contributed by atoms with Gasteiger partial charge in [0.25, 0.3) is 10.0 Å². The molecule has 2 aromatic rings. The van der Waals surface area contributed by atoms with Crippen molar-refractivity contribution in [3.8, 4) is 0 Å². The number of nitrogens with zero attached hydrogens (tertiary/aromatic N) is 1. The molecule has 1 aliphatic rings. The van der Waals surface area contributed by atoms with E-state index >= 15 is 0 Å². The van der Waals surface area contributed by atoms with E-state index < -0.39 is 39.2 Å². The van der Waals surface area contributed by atoms with Crippen LogP contribution in [-0.2, 0) is 21.0 Å². The first-order valence-corrected chi connectivity index (χ1v) is 13.7. The van der Waals surface area contributed by atoms with Crippen LogP contribution in [-0.4, -0.2) is 38.4 Å². The molecule has 1 amide bonds. The van der Waals surface area contributed by atoms with Gasteiger partial charge < -0.3 is 5.32 Å². The minimum Gasteiger partial charge on any atom is -0.354 e. The minimum absolute atomic E-state index is 0.133. The van der Waals surface area contributed by atoms with Gasteiger partial charge in [-0.2, -0.15) is 24.9 Å². The second-order valence-corrected chi connectivity index (χ2v) is 11.8. The highest BCUT2D eigenvalue weighted by Crippen LogP contribution is 2.38. The predicted molar refractivity (Wildman–Crippen MR) is 130 cm³/mol. The monoisotopic (exact) mass is 534 g/mol. The Bertz CT molecular complexity index is 1100. The lowest BCUT2D eigenvalue weighted by Crippen LogP contribution is -2.41. The molecule has 0 spiro atoms. The summed E-state index contributed by atoms with van der Waals surface area (Å²) in [6.07, 6.45) is -0.0710. The average molecular weight is 535 g/mol. The average Bonchev–Trinajstić information content (AvgIpc) is 3.29. The lowest BCUT2D eigenvalue weighted by Gasteiger charge is -2.25. The summed E-state index contributed by atoms with van der Waals surface area (Å²) in [6, 6.07) is 8.66. The summed E-state index contributed by atoms with van der Waals surface area (Å²) in [5.74, 6) is 0.0755. The lowest BCUT2D eigenvalue weighted by molar-refractivity contribution is -0.137. The first kappa shape index (κ1) is 26.7. The Morgan fingerprint density at radius 1 is 1.15 bits per heavy atom. The number of sulfonamides is 1. The zero-order valence-electron chi connectivity index (χ0n) is 18.6. The molecule has 0 bridgehead atoms. The molecular formula is C23H26ClF3N2O3S2. The number of hydrogen-bond acceptors (Lipinski definition) is 4. The van der Waals surface area contributed by atoms with Crippen LogP contribution in [0.5, 0.6) is 0 Å². The fourth-order valence-corrected chi connectivity index (χ4v) is 6.55. The molecule has 5 nitrogen and oxygen atoms in total. The van der Waals surface area contributed by atoms with Crippen LogP contribution < -0.4 is 9.62 Å². The van der Waals surface area contributed by atoms with Crippen molar-refractivity contribution in [2.45, 2.75) is 48.9 Å². The van der Waals surface area contributed by atoms with Gasteiger partial charge in [-0.05, 0) is 50.1 Å². The zero-order valence-corrected chi connectivity index (χ0v) is 21.0. The van der Waals surface area contributed by atoms with Gasteiger partial charge in [-0.1, -0.05) is 42.1 Å². The quantitative estimate of drug-likeness (QED) is 0.422. The molecule has 0 radical (unpaired) electrons. The van der Waals surface area contributed by atoms with Crippen molar-refractivity contribution in [2.75, 3.05) is 23.1 Å². The molecule has 186 valence electrons. The maximum absolute atomic E-state index is 13.4. The molecule has 1 saturated carbocycles. The Hall–Kier alpha value is -1.91. The van der Waals surface area contributed by atoms with Gasteiger partial charge in [-0.15, -0.1) is 0 Å². The number of halogens is 4. The van der Waals surface area contributed by atoms with Crippen LogP contribution in [0.4, 0.5) is 18.9 Å². The third-order valence-corrected chi connectivity index (χ3v) is 9.02. The second kappa shape index (κ2) is 11.2. The lowest BCUT2D eigenvalue weighted by atomic mass is 10.2. The van der Waals surface area contributed by atoms with E-state index in [1.165, 1.54) is 25.0 Å². The molecule has 0 heterocycles. The Morgan fingerprint density at radius 2 is 1.79 bits per heavy atom. The summed E-state index contributed by atoms with van der Waals surface area (Å²) in [5, 5.41) is 2.70. The third-order valence-electron chi connectivity index (χ3n) is 5.52. The van der Waals surface area contributed by atoms with E-state index in [1.807, 2.05) is 0 Å². The highest BCUT2D eigenvalue weighted by Gasteiger charge is 2.35. The van der Waals surface area contributed by atoms with Crippen LogP contribution in [0.15, 0.2) is 47.4 Å². The number of hydrogen-bond donors (Lipinski definition) is 1. The van der Waals surface area contributed by atoms with E-state index in [-0.39, 0.29) is 10.6 Å². The number of nitrogens with one attached hydrogen (secondary N) is 1. The summed E-state index contributed by atoms with van der Waals surface area (Å²) in [6.45, 7) is 1.45. The van der Waals surface area contributed by atoms with Crippen molar-refractivity contribution in [2.24, 2.45) is 0 Å². The van der Waals surface area contributed by atoms with E-state index in [0.29, 0.717) is 27.9 Å². The smallest absolute Gasteiger partial charge is 0.354 e. The number of thioether (sulfide) groups is 1. The molecule has 0 aliphatic heterocycles. The molecule has 34 heavy (non-hydrogen) atoms. The molecular weight excluding hydrogens is 509 g/mol. The van der Waals surface area contributed by atoms with Gasteiger partial charge in [0.2, 0.25) is 5.91 Å².